The van der Waals surface area contributed by atoms with Gasteiger partial charge in [0.1, 0.15) is 34.5 Å². The van der Waals surface area contributed by atoms with E-state index in [1.54, 1.807) is 18.6 Å². The van der Waals surface area contributed by atoms with Crippen molar-refractivity contribution in [3.05, 3.63) is 35.2 Å². The van der Waals surface area contributed by atoms with Gasteiger partial charge in [-0.1, -0.05) is 6.07 Å². The summed E-state index contributed by atoms with van der Waals surface area (Å²) in [6, 6.07) is 6.70. The summed E-state index contributed by atoms with van der Waals surface area (Å²) in [5, 5.41) is 11.2. The Morgan fingerprint density at radius 1 is 1.21 bits per heavy atom. The maximum atomic E-state index is 11.2. The van der Waals surface area contributed by atoms with Gasteiger partial charge in [0.05, 0.1) is 7.11 Å². The average molecular weight is 391 g/mol. The highest BCUT2D eigenvalue weighted by atomic mass is 79.9. The van der Waals surface area contributed by atoms with Gasteiger partial charge in [-0.3, -0.25) is 0 Å². The number of aliphatic hydroxyl groups is 1. The molecule has 24 heavy (non-hydrogen) atoms. The molecule has 3 saturated carbocycles. The van der Waals surface area contributed by atoms with E-state index in [0.29, 0.717) is 17.8 Å². The summed E-state index contributed by atoms with van der Waals surface area (Å²) in [7, 11) is 1.76. The molecule has 130 valence electrons. The van der Waals surface area contributed by atoms with Crippen molar-refractivity contribution in [2.75, 3.05) is 7.11 Å². The summed E-state index contributed by atoms with van der Waals surface area (Å²) < 4.78 is 5.42. The second-order valence-corrected chi connectivity index (χ2v) is 8.61. The van der Waals surface area contributed by atoms with Gasteiger partial charge in [-0.25, -0.2) is 0 Å². The van der Waals surface area contributed by atoms with Crippen LogP contribution in [0.1, 0.15) is 62.5 Å². The van der Waals surface area contributed by atoms with E-state index in [2.05, 4.69) is 25.1 Å². The van der Waals surface area contributed by atoms with Gasteiger partial charge in [-0.15, -0.1) is 0 Å². The molecule has 1 aromatic carbocycles. The minimum atomic E-state index is -0.391. The zero-order valence-electron chi connectivity index (χ0n) is 14.6. The standard InChI is InChI=1S/C21H27O2.BrH/c1-20-9-8-17-16-6-4-15(23-2)11-13(16)3-5-18(17)19(20)14-7-10-21(20,22)12-14;/h4,6,11,14,17-18,22H,3,5,7-10,12H2,1-2H3;1H/q+1;/p-1/t14-,17+,18+,20-,21+;/m0./s1. The second-order valence-electron chi connectivity index (χ2n) is 8.61. The van der Waals surface area contributed by atoms with Crippen LogP contribution in [0.5, 0.6) is 5.75 Å². The smallest absolute Gasteiger partial charge is 0.137 e. The van der Waals surface area contributed by atoms with Crippen molar-refractivity contribution in [3.63, 3.8) is 0 Å². The molecule has 1 N–H and O–H groups in total. The molecule has 0 heterocycles. The number of aryl methyl sites for hydroxylation is 1. The molecule has 3 fully saturated rings. The molecule has 0 radical (unpaired) electrons. The summed E-state index contributed by atoms with van der Waals surface area (Å²) in [6.45, 7) is 2.38. The zero-order valence-corrected chi connectivity index (χ0v) is 16.2. The minimum Gasteiger partial charge on any atom is -1.00 e. The van der Waals surface area contributed by atoms with Crippen LogP contribution in [0.15, 0.2) is 18.2 Å². The zero-order chi connectivity index (χ0) is 15.8. The Balaban J connectivity index is 0.00000146. The molecule has 2 bridgehead atoms. The molecule has 5 rings (SSSR count). The van der Waals surface area contributed by atoms with E-state index in [1.807, 2.05) is 0 Å². The Morgan fingerprint density at radius 2 is 2.04 bits per heavy atom. The van der Waals surface area contributed by atoms with Gasteiger partial charge in [0.15, 0.2) is 0 Å². The average Bonchev–Trinajstić information content (AvgIpc) is 3.06. The van der Waals surface area contributed by atoms with Gasteiger partial charge in [-0.2, -0.15) is 0 Å². The van der Waals surface area contributed by atoms with Crippen molar-refractivity contribution in [2.24, 2.45) is 17.3 Å². The summed E-state index contributed by atoms with van der Waals surface area (Å²) in [5.41, 5.74) is 2.77. The van der Waals surface area contributed by atoms with Crippen LogP contribution >= 0.6 is 0 Å². The molecule has 0 spiro atoms. The number of ether oxygens (including phenoxy) is 1. The molecule has 5 atom stereocenters. The third-order valence-corrected chi connectivity index (χ3v) is 7.91. The fourth-order valence-electron chi connectivity index (χ4n) is 6.79. The highest BCUT2D eigenvalue weighted by Crippen LogP contribution is 2.72. The first-order chi connectivity index (χ1) is 11.1. The predicted octanol–water partition coefficient (Wildman–Crippen LogP) is 1.26. The van der Waals surface area contributed by atoms with Gasteiger partial charge < -0.3 is 26.8 Å². The highest BCUT2D eigenvalue weighted by Gasteiger charge is 2.76. The van der Waals surface area contributed by atoms with Crippen molar-refractivity contribution < 1.29 is 26.8 Å². The second kappa shape index (κ2) is 5.41. The predicted molar refractivity (Wildman–Crippen MR) is 90.4 cm³/mol. The number of fused-ring (bicyclic) bond motifs is 9. The Morgan fingerprint density at radius 3 is 2.83 bits per heavy atom. The molecule has 0 aliphatic heterocycles. The van der Waals surface area contributed by atoms with E-state index in [-0.39, 0.29) is 22.4 Å². The van der Waals surface area contributed by atoms with Crippen molar-refractivity contribution in [1.29, 1.82) is 0 Å². The minimum absolute atomic E-state index is 0. The lowest BCUT2D eigenvalue weighted by Crippen LogP contribution is -3.00. The number of hydrogen-bond acceptors (Lipinski definition) is 2. The van der Waals surface area contributed by atoms with E-state index < -0.39 is 5.60 Å². The van der Waals surface area contributed by atoms with Gasteiger partial charge >= 0.3 is 0 Å². The third kappa shape index (κ3) is 1.94. The first-order valence-electron chi connectivity index (χ1n) is 9.32. The fourth-order valence-corrected chi connectivity index (χ4v) is 6.79. The van der Waals surface area contributed by atoms with Crippen molar-refractivity contribution in [2.45, 2.75) is 63.4 Å². The molecule has 0 unspecified atom stereocenters. The molecule has 0 amide bonds. The monoisotopic (exact) mass is 390 g/mol. The van der Waals surface area contributed by atoms with E-state index in [4.69, 9.17) is 4.74 Å². The molecule has 4 aliphatic rings. The van der Waals surface area contributed by atoms with Crippen LogP contribution in [0.4, 0.5) is 0 Å². The maximum Gasteiger partial charge on any atom is 0.137 e. The normalized spacial score (nSPS) is 42.0. The molecular formula is C21H27BrO2. The molecule has 3 heteroatoms. The van der Waals surface area contributed by atoms with E-state index >= 15 is 0 Å². The van der Waals surface area contributed by atoms with E-state index in [9.17, 15) is 5.11 Å². The molecule has 1 aromatic rings. The Kier molecular flexibility index (Phi) is 3.78. The number of halogens is 1. The molecule has 4 aliphatic carbocycles. The van der Waals surface area contributed by atoms with E-state index in [0.717, 1.165) is 18.6 Å². The van der Waals surface area contributed by atoms with Crippen LogP contribution in [0.3, 0.4) is 0 Å². The van der Waals surface area contributed by atoms with Crippen molar-refractivity contribution in [3.8, 4) is 5.75 Å². The first-order valence-corrected chi connectivity index (χ1v) is 9.32. The SMILES string of the molecule is COc1ccc2c(c1)CC[C@H]1[C+]3[C@H]4CC[C@@](O)(C4)[C@@]3(C)CC[C@H]21.[Br-]. The largest absolute Gasteiger partial charge is 1.00 e. The highest BCUT2D eigenvalue weighted by molar-refractivity contribution is 5.44. The Hall–Kier alpha value is -0.670. The summed E-state index contributed by atoms with van der Waals surface area (Å²) in [5.74, 6) is 4.82. The lowest BCUT2D eigenvalue weighted by Gasteiger charge is -2.48. The fraction of sp³-hybridized carbons (Fsp3) is 0.667. The van der Waals surface area contributed by atoms with Crippen molar-refractivity contribution >= 4 is 0 Å². The van der Waals surface area contributed by atoms with Crippen LogP contribution in [0.25, 0.3) is 0 Å². The van der Waals surface area contributed by atoms with E-state index in [1.165, 1.54) is 37.7 Å². The first kappa shape index (κ1) is 16.8. The number of methoxy groups -OCH3 is 1. The molecule has 0 saturated heterocycles. The van der Waals surface area contributed by atoms with Crippen LogP contribution < -0.4 is 21.7 Å². The topological polar surface area (TPSA) is 29.5 Å². The van der Waals surface area contributed by atoms with Crippen LogP contribution in [0.2, 0.25) is 0 Å². The Labute approximate surface area is 155 Å². The number of rotatable bonds is 1. The quantitative estimate of drug-likeness (QED) is 0.731. The number of hydrogen-bond donors (Lipinski definition) is 1. The summed E-state index contributed by atoms with van der Waals surface area (Å²) in [4.78, 5) is 0. The van der Waals surface area contributed by atoms with Gasteiger partial charge in [-0.05, 0) is 68.7 Å². The van der Waals surface area contributed by atoms with Gasteiger partial charge in [0.25, 0.3) is 0 Å². The molecule has 0 aromatic heterocycles. The van der Waals surface area contributed by atoms with Gasteiger partial charge in [0.2, 0.25) is 0 Å². The molecule has 2 nitrogen and oxygen atoms in total. The van der Waals surface area contributed by atoms with Crippen LogP contribution in [-0.2, 0) is 6.42 Å². The summed E-state index contributed by atoms with van der Waals surface area (Å²) >= 11 is 0. The Bertz CT molecular complexity index is 659. The molecular weight excluding hydrogens is 364 g/mol. The third-order valence-electron chi connectivity index (χ3n) is 7.91. The maximum absolute atomic E-state index is 11.2. The number of benzene rings is 1. The van der Waals surface area contributed by atoms with Gasteiger partial charge in [0, 0.05) is 12.3 Å². The lowest BCUT2D eigenvalue weighted by molar-refractivity contribution is -0.0708. The van der Waals surface area contributed by atoms with Crippen LogP contribution in [0, 0.1) is 23.2 Å². The lowest BCUT2D eigenvalue weighted by atomic mass is 9.50. The summed E-state index contributed by atoms with van der Waals surface area (Å²) in [6.07, 6.45) is 8.13. The van der Waals surface area contributed by atoms with Crippen LogP contribution in [-0.4, -0.2) is 17.8 Å². The van der Waals surface area contributed by atoms with Crippen molar-refractivity contribution in [1.82, 2.24) is 0 Å².